The molecular weight excluding hydrogens is 276 g/mol. The zero-order chi connectivity index (χ0) is 13.3. The lowest BCUT2D eigenvalue weighted by atomic mass is 9.90. The van der Waals surface area contributed by atoms with Gasteiger partial charge in [-0.25, -0.2) is 0 Å². The number of benzene rings is 1. The second kappa shape index (κ2) is 4.77. The lowest BCUT2D eigenvalue weighted by Gasteiger charge is -2.29. The van der Waals surface area contributed by atoms with Gasteiger partial charge in [-0.15, -0.1) is 12.3 Å². The molecule has 0 aliphatic rings. The van der Waals surface area contributed by atoms with Gasteiger partial charge in [0.05, 0.1) is 6.42 Å². The van der Waals surface area contributed by atoms with Gasteiger partial charge in [-0.05, 0) is 23.8 Å². The Bertz CT molecular complexity index is 445. The van der Waals surface area contributed by atoms with E-state index in [1.807, 2.05) is 0 Å². The summed E-state index contributed by atoms with van der Waals surface area (Å²) < 4.78 is 38.4. The Morgan fingerprint density at radius 1 is 1.18 bits per heavy atom. The van der Waals surface area contributed by atoms with Crippen LogP contribution in [0.2, 0.25) is 10.0 Å². The van der Waals surface area contributed by atoms with Crippen molar-refractivity contribution >= 4 is 23.2 Å². The van der Waals surface area contributed by atoms with Crippen LogP contribution in [0.15, 0.2) is 18.2 Å². The number of hydrogen-bond acceptors (Lipinski definition) is 1. The molecule has 0 aliphatic carbocycles. The van der Waals surface area contributed by atoms with E-state index in [1.54, 1.807) is 5.92 Å². The molecule has 0 radical (unpaired) electrons. The van der Waals surface area contributed by atoms with E-state index in [0.717, 1.165) is 12.1 Å². The van der Waals surface area contributed by atoms with Crippen molar-refractivity contribution in [2.24, 2.45) is 0 Å². The van der Waals surface area contributed by atoms with E-state index in [2.05, 4.69) is 0 Å². The predicted octanol–water partition coefficient (Wildman–Crippen LogP) is 3.77. The van der Waals surface area contributed by atoms with Gasteiger partial charge in [-0.3, -0.25) is 0 Å². The summed E-state index contributed by atoms with van der Waals surface area (Å²) in [6.07, 6.45) is -0.970. The quantitative estimate of drug-likeness (QED) is 0.819. The molecule has 0 bridgehead atoms. The molecule has 1 nitrogen and oxygen atoms in total. The lowest BCUT2D eigenvalue weighted by Crippen LogP contribution is -2.42. The summed E-state index contributed by atoms with van der Waals surface area (Å²) in [5.41, 5.74) is -3.61. The minimum Gasteiger partial charge on any atom is -0.376 e. The third-order valence-corrected chi connectivity index (χ3v) is 2.60. The summed E-state index contributed by atoms with van der Waals surface area (Å²) in [4.78, 5) is 0. The van der Waals surface area contributed by atoms with E-state index in [0.29, 0.717) is 0 Å². The van der Waals surface area contributed by atoms with Crippen LogP contribution in [-0.4, -0.2) is 11.3 Å². The highest BCUT2D eigenvalue weighted by molar-refractivity contribution is 6.34. The van der Waals surface area contributed by atoms with Crippen LogP contribution in [0.25, 0.3) is 0 Å². The van der Waals surface area contributed by atoms with Crippen LogP contribution >= 0.6 is 23.2 Å². The molecule has 0 fully saturated rings. The summed E-state index contributed by atoms with van der Waals surface area (Å²) in [5, 5.41) is 9.67. The van der Waals surface area contributed by atoms with Gasteiger partial charge in [-0.2, -0.15) is 13.2 Å². The first-order valence-corrected chi connectivity index (χ1v) is 5.15. The lowest BCUT2D eigenvalue weighted by molar-refractivity contribution is -0.264. The average molecular weight is 283 g/mol. The summed E-state index contributed by atoms with van der Waals surface area (Å²) >= 11 is 11.2. The van der Waals surface area contributed by atoms with Crippen molar-refractivity contribution in [1.29, 1.82) is 0 Å². The van der Waals surface area contributed by atoms with Crippen LogP contribution < -0.4 is 0 Å². The van der Waals surface area contributed by atoms with Crippen molar-refractivity contribution in [3.8, 4) is 12.3 Å². The maximum Gasteiger partial charge on any atom is 0.422 e. The first kappa shape index (κ1) is 14.2. The molecule has 0 amide bonds. The van der Waals surface area contributed by atoms with Crippen molar-refractivity contribution in [3.63, 3.8) is 0 Å². The van der Waals surface area contributed by atoms with Gasteiger partial charge >= 0.3 is 6.18 Å². The van der Waals surface area contributed by atoms with Crippen molar-refractivity contribution in [2.45, 2.75) is 18.2 Å². The van der Waals surface area contributed by atoms with Crippen LogP contribution in [0.3, 0.4) is 0 Å². The second-order valence-corrected chi connectivity index (χ2v) is 4.27. The van der Waals surface area contributed by atoms with Crippen LogP contribution in [0.5, 0.6) is 0 Å². The highest BCUT2D eigenvalue weighted by Gasteiger charge is 2.54. The normalized spacial score (nSPS) is 15.1. The number of aliphatic hydroxyl groups is 1. The smallest absolute Gasteiger partial charge is 0.376 e. The predicted molar refractivity (Wildman–Crippen MR) is 59.9 cm³/mol. The SMILES string of the molecule is C#CCC(O)(c1cc(Cl)cc(Cl)c1)C(F)(F)F. The molecule has 1 unspecified atom stereocenters. The number of halogens is 5. The summed E-state index contributed by atoms with van der Waals surface area (Å²) in [6, 6.07) is 3.23. The zero-order valence-electron chi connectivity index (χ0n) is 8.35. The molecule has 1 aromatic rings. The van der Waals surface area contributed by atoms with E-state index in [9.17, 15) is 18.3 Å². The minimum absolute atomic E-state index is 0.00723. The topological polar surface area (TPSA) is 20.2 Å². The maximum atomic E-state index is 12.8. The number of hydrogen-bond donors (Lipinski definition) is 1. The summed E-state index contributed by atoms with van der Waals surface area (Å²) in [6.45, 7) is 0. The molecule has 0 saturated heterocycles. The van der Waals surface area contributed by atoms with Crippen LogP contribution in [0.4, 0.5) is 13.2 Å². The van der Waals surface area contributed by atoms with Gasteiger partial charge in [0, 0.05) is 10.0 Å². The number of alkyl halides is 3. The fourth-order valence-electron chi connectivity index (χ4n) is 1.31. The Morgan fingerprint density at radius 2 is 1.65 bits per heavy atom. The van der Waals surface area contributed by atoms with Crippen LogP contribution in [-0.2, 0) is 5.60 Å². The molecule has 1 N–H and O–H groups in total. The average Bonchev–Trinajstić information content (AvgIpc) is 2.14. The molecule has 0 spiro atoms. The standard InChI is InChI=1S/C11H7Cl2F3O/c1-2-3-10(17,11(14,15)16)7-4-8(12)6-9(13)5-7/h1,4-6,17H,3H2. The molecule has 0 heterocycles. The third kappa shape index (κ3) is 2.86. The monoisotopic (exact) mass is 282 g/mol. The van der Waals surface area contributed by atoms with Crippen molar-refractivity contribution in [2.75, 3.05) is 0 Å². The highest BCUT2D eigenvalue weighted by Crippen LogP contribution is 2.42. The Hall–Kier alpha value is -0.890. The van der Waals surface area contributed by atoms with Gasteiger partial charge in [0.1, 0.15) is 0 Å². The van der Waals surface area contributed by atoms with Gasteiger partial charge in [0.25, 0.3) is 0 Å². The first-order chi connectivity index (χ1) is 7.70. The molecule has 92 valence electrons. The molecule has 0 aliphatic heterocycles. The Morgan fingerprint density at radius 3 is 2.00 bits per heavy atom. The largest absolute Gasteiger partial charge is 0.422 e. The zero-order valence-corrected chi connectivity index (χ0v) is 9.87. The van der Waals surface area contributed by atoms with E-state index in [1.165, 1.54) is 6.07 Å². The molecular formula is C11H7Cl2F3O. The maximum absolute atomic E-state index is 12.8. The fourth-order valence-corrected chi connectivity index (χ4v) is 1.83. The molecule has 1 rings (SSSR count). The molecule has 1 aromatic carbocycles. The molecule has 1 atom stereocenters. The minimum atomic E-state index is -4.91. The van der Waals surface area contributed by atoms with E-state index >= 15 is 0 Å². The molecule has 0 saturated carbocycles. The van der Waals surface area contributed by atoms with E-state index in [-0.39, 0.29) is 10.0 Å². The van der Waals surface area contributed by atoms with Gasteiger partial charge in [0.2, 0.25) is 0 Å². The van der Waals surface area contributed by atoms with E-state index in [4.69, 9.17) is 29.6 Å². The van der Waals surface area contributed by atoms with Gasteiger partial charge < -0.3 is 5.11 Å². The van der Waals surface area contributed by atoms with E-state index < -0.39 is 23.8 Å². The number of terminal acetylenes is 1. The molecule has 0 aromatic heterocycles. The summed E-state index contributed by atoms with van der Waals surface area (Å²) in [5.74, 6) is 1.80. The summed E-state index contributed by atoms with van der Waals surface area (Å²) in [7, 11) is 0. The number of rotatable bonds is 2. The van der Waals surface area contributed by atoms with Gasteiger partial charge in [-0.1, -0.05) is 23.2 Å². The van der Waals surface area contributed by atoms with Crippen LogP contribution in [0.1, 0.15) is 12.0 Å². The molecule has 6 heteroatoms. The molecule has 17 heavy (non-hydrogen) atoms. The third-order valence-electron chi connectivity index (χ3n) is 2.17. The van der Waals surface area contributed by atoms with Crippen LogP contribution in [0, 0.1) is 12.3 Å². The van der Waals surface area contributed by atoms with Crippen molar-refractivity contribution < 1.29 is 18.3 Å². The highest BCUT2D eigenvalue weighted by atomic mass is 35.5. The van der Waals surface area contributed by atoms with Crippen molar-refractivity contribution in [3.05, 3.63) is 33.8 Å². The Balaban J connectivity index is 3.38. The van der Waals surface area contributed by atoms with Gasteiger partial charge in [0.15, 0.2) is 5.60 Å². The second-order valence-electron chi connectivity index (χ2n) is 3.40. The Labute approximate surface area is 106 Å². The van der Waals surface area contributed by atoms with Crippen molar-refractivity contribution in [1.82, 2.24) is 0 Å². The first-order valence-electron chi connectivity index (χ1n) is 4.40. The Kier molecular flexibility index (Phi) is 3.98. The fraction of sp³-hybridized carbons (Fsp3) is 0.273.